The maximum Gasteiger partial charge on any atom is 0.260 e. The predicted octanol–water partition coefficient (Wildman–Crippen LogP) is 1.28. The van der Waals surface area contributed by atoms with E-state index in [2.05, 4.69) is 10.6 Å². The summed E-state index contributed by atoms with van der Waals surface area (Å²) in [6.45, 7) is 4.00. The molecule has 26 heavy (non-hydrogen) atoms. The van der Waals surface area contributed by atoms with Crippen molar-refractivity contribution >= 4 is 29.9 Å². The third-order valence-electron chi connectivity index (χ3n) is 4.57. The summed E-state index contributed by atoms with van der Waals surface area (Å²) in [6.07, 6.45) is 1.68. The van der Waals surface area contributed by atoms with Crippen molar-refractivity contribution in [3.63, 3.8) is 0 Å². The van der Waals surface area contributed by atoms with Crippen molar-refractivity contribution < 1.29 is 19.1 Å². The number of nitrogens with zero attached hydrogens (tertiary/aromatic N) is 1. The first-order valence-electron chi connectivity index (χ1n) is 8.83. The number of hydrogen-bond acceptors (Lipinski definition) is 5. The van der Waals surface area contributed by atoms with Crippen molar-refractivity contribution in [1.29, 1.82) is 0 Å². The van der Waals surface area contributed by atoms with E-state index in [9.17, 15) is 9.59 Å². The van der Waals surface area contributed by atoms with Gasteiger partial charge in [-0.05, 0) is 38.1 Å². The highest BCUT2D eigenvalue weighted by Crippen LogP contribution is 2.25. The highest BCUT2D eigenvalue weighted by Gasteiger charge is 2.22. The molecule has 1 aromatic rings. The molecule has 2 heterocycles. The summed E-state index contributed by atoms with van der Waals surface area (Å²) in [5, 5.41) is 6.20. The van der Waals surface area contributed by atoms with Crippen molar-refractivity contribution in [2.45, 2.75) is 12.8 Å². The van der Waals surface area contributed by atoms with Crippen molar-refractivity contribution in [3.05, 3.63) is 24.3 Å². The Morgan fingerprint density at radius 3 is 2.62 bits per heavy atom. The predicted molar refractivity (Wildman–Crippen MR) is 101 cm³/mol. The molecule has 0 aromatic heterocycles. The lowest BCUT2D eigenvalue weighted by atomic mass is 9.97. The molecule has 2 aliphatic heterocycles. The molecular weight excluding hydrogens is 358 g/mol. The van der Waals surface area contributed by atoms with Crippen molar-refractivity contribution in [1.82, 2.24) is 10.2 Å². The third kappa shape index (κ3) is 5.59. The number of ether oxygens (including phenoxy) is 2. The fraction of sp³-hybridized carbons (Fsp3) is 0.556. The lowest BCUT2D eigenvalue weighted by molar-refractivity contribution is -0.137. The van der Waals surface area contributed by atoms with Crippen LogP contribution in [0.5, 0.6) is 5.75 Å². The summed E-state index contributed by atoms with van der Waals surface area (Å²) in [5.74, 6) is 0.482. The molecule has 1 aromatic carbocycles. The summed E-state index contributed by atoms with van der Waals surface area (Å²) >= 11 is 0. The lowest BCUT2D eigenvalue weighted by Gasteiger charge is -2.27. The van der Waals surface area contributed by atoms with E-state index in [0.717, 1.165) is 25.9 Å². The van der Waals surface area contributed by atoms with Gasteiger partial charge in [0.2, 0.25) is 5.91 Å². The fourth-order valence-electron chi connectivity index (χ4n) is 3.06. The Hall–Kier alpha value is -1.83. The molecule has 0 spiro atoms. The molecule has 0 bridgehead atoms. The molecule has 8 heteroatoms. The highest BCUT2D eigenvalue weighted by molar-refractivity contribution is 5.94. The van der Waals surface area contributed by atoms with Gasteiger partial charge in [-0.2, -0.15) is 0 Å². The Bertz CT molecular complexity index is 602. The molecule has 0 saturated carbocycles. The standard InChI is InChI=1S/C18H25N3O4.ClH/c22-17(21-9-11-24-12-10-21)13-25-16-4-2-1-3-15(16)20-18(23)14-5-7-19-8-6-14;/h1-4,14,19H,5-13H2,(H,20,23);1H. The van der Waals surface area contributed by atoms with Crippen LogP contribution in [0.3, 0.4) is 0 Å². The van der Waals surface area contributed by atoms with E-state index < -0.39 is 0 Å². The molecule has 2 fully saturated rings. The van der Waals surface area contributed by atoms with Gasteiger partial charge >= 0.3 is 0 Å². The van der Waals surface area contributed by atoms with Gasteiger partial charge in [0.15, 0.2) is 6.61 Å². The number of anilines is 1. The number of rotatable bonds is 5. The minimum Gasteiger partial charge on any atom is -0.482 e. The second-order valence-electron chi connectivity index (χ2n) is 6.29. The van der Waals surface area contributed by atoms with Gasteiger partial charge < -0.3 is 25.0 Å². The largest absolute Gasteiger partial charge is 0.482 e. The zero-order valence-electron chi connectivity index (χ0n) is 14.7. The average Bonchev–Trinajstić information content (AvgIpc) is 2.68. The second kappa shape index (κ2) is 10.4. The van der Waals surface area contributed by atoms with Gasteiger partial charge in [0, 0.05) is 19.0 Å². The maximum absolute atomic E-state index is 12.4. The van der Waals surface area contributed by atoms with Crippen LogP contribution in [-0.4, -0.2) is 62.7 Å². The third-order valence-corrected chi connectivity index (χ3v) is 4.57. The van der Waals surface area contributed by atoms with Crippen molar-refractivity contribution in [2.75, 3.05) is 51.3 Å². The maximum atomic E-state index is 12.4. The SMILES string of the molecule is Cl.O=C(Nc1ccccc1OCC(=O)N1CCOCC1)C1CCNCC1. The minimum absolute atomic E-state index is 0. The van der Waals surface area contributed by atoms with Gasteiger partial charge in [0.1, 0.15) is 5.75 Å². The van der Waals surface area contributed by atoms with E-state index in [1.807, 2.05) is 12.1 Å². The number of benzene rings is 1. The van der Waals surface area contributed by atoms with E-state index in [4.69, 9.17) is 9.47 Å². The molecule has 2 N–H and O–H groups in total. The Morgan fingerprint density at radius 2 is 1.88 bits per heavy atom. The van der Waals surface area contributed by atoms with E-state index in [0.29, 0.717) is 37.7 Å². The number of halogens is 1. The zero-order valence-corrected chi connectivity index (χ0v) is 15.6. The van der Waals surface area contributed by atoms with Crippen molar-refractivity contribution in [3.8, 4) is 5.75 Å². The van der Waals surface area contributed by atoms with Crippen LogP contribution in [0.15, 0.2) is 24.3 Å². The summed E-state index contributed by atoms with van der Waals surface area (Å²) in [5.41, 5.74) is 0.612. The van der Waals surface area contributed by atoms with Crippen LogP contribution in [0.4, 0.5) is 5.69 Å². The van der Waals surface area contributed by atoms with Gasteiger partial charge in [0.25, 0.3) is 5.91 Å². The normalized spacial score (nSPS) is 17.9. The first-order chi connectivity index (χ1) is 12.2. The smallest absolute Gasteiger partial charge is 0.260 e. The molecule has 0 atom stereocenters. The Labute approximate surface area is 159 Å². The number of para-hydroxylation sites is 2. The average molecular weight is 384 g/mol. The molecule has 0 radical (unpaired) electrons. The highest BCUT2D eigenvalue weighted by atomic mass is 35.5. The van der Waals surface area contributed by atoms with Gasteiger partial charge in [-0.3, -0.25) is 9.59 Å². The van der Waals surface area contributed by atoms with E-state index >= 15 is 0 Å². The van der Waals surface area contributed by atoms with Crippen LogP contribution >= 0.6 is 12.4 Å². The van der Waals surface area contributed by atoms with E-state index in [1.165, 1.54) is 0 Å². The summed E-state index contributed by atoms with van der Waals surface area (Å²) in [6, 6.07) is 7.24. The molecule has 7 nitrogen and oxygen atoms in total. The van der Waals surface area contributed by atoms with Crippen LogP contribution in [0.1, 0.15) is 12.8 Å². The minimum atomic E-state index is -0.0669. The number of piperidine rings is 1. The monoisotopic (exact) mass is 383 g/mol. The van der Waals surface area contributed by atoms with Crippen LogP contribution in [0.2, 0.25) is 0 Å². The molecular formula is C18H26ClN3O4. The quantitative estimate of drug-likeness (QED) is 0.800. The van der Waals surface area contributed by atoms with Crippen LogP contribution < -0.4 is 15.4 Å². The number of nitrogens with one attached hydrogen (secondary N) is 2. The molecule has 2 amide bonds. The van der Waals surface area contributed by atoms with Gasteiger partial charge in [-0.15, -0.1) is 12.4 Å². The number of carbonyl (C=O) groups excluding carboxylic acids is 2. The van der Waals surface area contributed by atoms with Crippen LogP contribution in [0.25, 0.3) is 0 Å². The number of carbonyl (C=O) groups is 2. The van der Waals surface area contributed by atoms with Crippen LogP contribution in [-0.2, 0) is 14.3 Å². The van der Waals surface area contributed by atoms with Gasteiger partial charge in [-0.25, -0.2) is 0 Å². The Morgan fingerprint density at radius 1 is 1.19 bits per heavy atom. The van der Waals surface area contributed by atoms with Crippen molar-refractivity contribution in [2.24, 2.45) is 5.92 Å². The molecule has 2 aliphatic rings. The second-order valence-corrected chi connectivity index (χ2v) is 6.29. The van der Waals surface area contributed by atoms with Gasteiger partial charge in [0.05, 0.1) is 18.9 Å². The van der Waals surface area contributed by atoms with Crippen LogP contribution in [0, 0.1) is 5.92 Å². The zero-order chi connectivity index (χ0) is 17.5. The first kappa shape index (κ1) is 20.5. The molecule has 2 saturated heterocycles. The number of hydrogen-bond donors (Lipinski definition) is 2. The summed E-state index contributed by atoms with van der Waals surface area (Å²) in [4.78, 5) is 26.4. The Kier molecular flexibility index (Phi) is 8.15. The number of morpholine rings is 1. The molecule has 144 valence electrons. The fourth-order valence-corrected chi connectivity index (χ4v) is 3.06. The molecule has 3 rings (SSSR count). The number of amides is 2. The topological polar surface area (TPSA) is 79.9 Å². The molecule has 0 unspecified atom stereocenters. The summed E-state index contributed by atoms with van der Waals surface area (Å²) < 4.78 is 10.9. The van der Waals surface area contributed by atoms with E-state index in [1.54, 1.807) is 17.0 Å². The van der Waals surface area contributed by atoms with Gasteiger partial charge in [-0.1, -0.05) is 12.1 Å². The summed E-state index contributed by atoms with van der Waals surface area (Å²) in [7, 11) is 0. The first-order valence-corrected chi connectivity index (χ1v) is 8.83. The molecule has 0 aliphatic carbocycles. The lowest BCUT2D eigenvalue weighted by Crippen LogP contribution is -2.43. The van der Waals surface area contributed by atoms with E-state index in [-0.39, 0.29) is 36.7 Å². The Balaban J connectivity index is 0.00000243.